The number of benzene rings is 2. The van der Waals surface area contributed by atoms with Crippen LogP contribution in [0.15, 0.2) is 60.7 Å². The number of hydrogen-bond donors (Lipinski definition) is 1. The minimum atomic E-state index is -0.584. The van der Waals surface area contributed by atoms with Crippen LogP contribution in [-0.4, -0.2) is 30.0 Å². The van der Waals surface area contributed by atoms with Crippen molar-refractivity contribution in [2.75, 3.05) is 13.2 Å². The fraction of sp³-hybridized carbons (Fsp3) is 0.222. The van der Waals surface area contributed by atoms with Crippen molar-refractivity contribution in [3.63, 3.8) is 0 Å². The summed E-state index contributed by atoms with van der Waals surface area (Å²) in [5.41, 5.74) is 0.800. The molecule has 0 bridgehead atoms. The third kappa shape index (κ3) is 3.51. The van der Waals surface area contributed by atoms with Gasteiger partial charge in [-0.05, 0) is 24.1 Å². The Kier molecular flexibility index (Phi) is 4.57. The van der Waals surface area contributed by atoms with Gasteiger partial charge in [-0.25, -0.2) is 4.79 Å². The van der Waals surface area contributed by atoms with Gasteiger partial charge in [-0.3, -0.25) is 9.69 Å². The summed E-state index contributed by atoms with van der Waals surface area (Å²) in [5.74, 6) is 0.577. The van der Waals surface area contributed by atoms with Crippen molar-refractivity contribution in [2.45, 2.75) is 12.5 Å². The Labute approximate surface area is 134 Å². The standard InChI is InChI=1S/C18H18N2O3/c21-17-16(14-8-3-1-4-9-14)19-18(22)20(17)12-7-13-23-15-10-5-2-6-11-15/h1-6,8-11,16H,7,12-13H2,(H,19,22). The summed E-state index contributed by atoms with van der Waals surface area (Å²) < 4.78 is 5.58. The molecule has 0 radical (unpaired) electrons. The largest absolute Gasteiger partial charge is 0.494 e. The summed E-state index contributed by atoms with van der Waals surface area (Å²) in [6.45, 7) is 0.803. The second-order valence-corrected chi connectivity index (χ2v) is 5.30. The van der Waals surface area contributed by atoms with Crippen LogP contribution in [0.25, 0.3) is 0 Å². The molecule has 1 saturated heterocycles. The highest BCUT2D eigenvalue weighted by Gasteiger charge is 2.38. The molecule has 3 amide bonds. The van der Waals surface area contributed by atoms with E-state index in [1.54, 1.807) is 0 Å². The molecule has 2 aromatic carbocycles. The predicted molar refractivity (Wildman–Crippen MR) is 86.0 cm³/mol. The molecule has 1 unspecified atom stereocenters. The van der Waals surface area contributed by atoms with Crippen molar-refractivity contribution in [1.82, 2.24) is 10.2 Å². The Balaban J connectivity index is 1.52. The number of urea groups is 1. The fourth-order valence-electron chi connectivity index (χ4n) is 2.53. The average molecular weight is 310 g/mol. The molecule has 5 heteroatoms. The molecule has 1 atom stereocenters. The Morgan fingerprint density at radius 3 is 2.30 bits per heavy atom. The van der Waals surface area contributed by atoms with E-state index in [9.17, 15) is 9.59 Å². The van der Waals surface area contributed by atoms with E-state index in [1.807, 2.05) is 60.7 Å². The molecule has 5 nitrogen and oxygen atoms in total. The van der Waals surface area contributed by atoms with Gasteiger partial charge in [-0.15, -0.1) is 0 Å². The fourth-order valence-corrected chi connectivity index (χ4v) is 2.53. The summed E-state index contributed by atoms with van der Waals surface area (Å²) in [5, 5.41) is 2.73. The molecule has 23 heavy (non-hydrogen) atoms. The molecule has 3 rings (SSSR count). The van der Waals surface area contributed by atoms with E-state index in [-0.39, 0.29) is 11.9 Å². The number of imide groups is 1. The minimum Gasteiger partial charge on any atom is -0.494 e. The number of carbonyl (C=O) groups is 2. The van der Waals surface area contributed by atoms with Crippen molar-refractivity contribution in [1.29, 1.82) is 0 Å². The first-order chi connectivity index (χ1) is 11.3. The van der Waals surface area contributed by atoms with E-state index in [4.69, 9.17) is 4.74 Å². The molecular formula is C18H18N2O3. The molecule has 1 heterocycles. The number of amides is 3. The van der Waals surface area contributed by atoms with Gasteiger partial charge < -0.3 is 10.1 Å². The number of ether oxygens (including phenoxy) is 1. The molecule has 0 aliphatic carbocycles. The molecule has 1 aliphatic rings. The normalized spacial score (nSPS) is 17.2. The highest BCUT2D eigenvalue weighted by atomic mass is 16.5. The topological polar surface area (TPSA) is 58.6 Å². The number of hydrogen-bond acceptors (Lipinski definition) is 3. The van der Waals surface area contributed by atoms with Crippen LogP contribution < -0.4 is 10.1 Å². The van der Waals surface area contributed by atoms with Crippen molar-refractivity contribution >= 4 is 11.9 Å². The van der Waals surface area contributed by atoms with Crippen LogP contribution in [-0.2, 0) is 4.79 Å². The summed E-state index contributed by atoms with van der Waals surface area (Å²) in [4.78, 5) is 25.6. The zero-order chi connectivity index (χ0) is 16.1. The first kappa shape index (κ1) is 15.1. The molecule has 1 N–H and O–H groups in total. The zero-order valence-corrected chi connectivity index (χ0v) is 12.6. The van der Waals surface area contributed by atoms with Crippen LogP contribution in [0.1, 0.15) is 18.0 Å². The first-order valence-corrected chi connectivity index (χ1v) is 7.60. The lowest BCUT2D eigenvalue weighted by Crippen LogP contribution is -2.32. The third-order valence-electron chi connectivity index (χ3n) is 3.70. The summed E-state index contributed by atoms with van der Waals surface area (Å²) >= 11 is 0. The molecule has 0 saturated carbocycles. The van der Waals surface area contributed by atoms with Crippen molar-refractivity contribution in [3.8, 4) is 5.75 Å². The number of carbonyl (C=O) groups excluding carboxylic acids is 2. The Bertz CT molecular complexity index is 673. The number of nitrogens with one attached hydrogen (secondary N) is 1. The molecule has 1 aliphatic heterocycles. The molecular weight excluding hydrogens is 292 g/mol. The third-order valence-corrected chi connectivity index (χ3v) is 3.70. The van der Waals surface area contributed by atoms with Gasteiger partial charge in [-0.1, -0.05) is 48.5 Å². The monoisotopic (exact) mass is 310 g/mol. The molecule has 1 fully saturated rings. The van der Waals surface area contributed by atoms with Gasteiger partial charge in [0, 0.05) is 6.54 Å². The Hall–Kier alpha value is -2.82. The summed E-state index contributed by atoms with van der Waals surface area (Å²) in [7, 11) is 0. The first-order valence-electron chi connectivity index (χ1n) is 7.60. The molecule has 118 valence electrons. The van der Waals surface area contributed by atoms with Crippen LogP contribution in [0.4, 0.5) is 4.79 Å². The average Bonchev–Trinajstić information content (AvgIpc) is 2.88. The van der Waals surface area contributed by atoms with Gasteiger partial charge in [0.15, 0.2) is 0 Å². The van der Waals surface area contributed by atoms with Gasteiger partial charge >= 0.3 is 6.03 Å². The lowest BCUT2D eigenvalue weighted by Gasteiger charge is -2.13. The van der Waals surface area contributed by atoms with Gasteiger partial charge in [0.05, 0.1) is 6.61 Å². The Morgan fingerprint density at radius 2 is 1.61 bits per heavy atom. The maximum absolute atomic E-state index is 12.4. The van der Waals surface area contributed by atoms with E-state index in [1.165, 1.54) is 4.90 Å². The van der Waals surface area contributed by atoms with E-state index < -0.39 is 6.04 Å². The summed E-state index contributed by atoms with van der Waals surface area (Å²) in [6.07, 6.45) is 0.593. The molecule has 0 aromatic heterocycles. The second-order valence-electron chi connectivity index (χ2n) is 5.30. The van der Waals surface area contributed by atoms with Crippen LogP contribution in [0.2, 0.25) is 0 Å². The van der Waals surface area contributed by atoms with Crippen LogP contribution >= 0.6 is 0 Å². The Morgan fingerprint density at radius 1 is 0.957 bits per heavy atom. The van der Waals surface area contributed by atoms with E-state index >= 15 is 0 Å². The van der Waals surface area contributed by atoms with E-state index in [2.05, 4.69) is 5.32 Å². The van der Waals surface area contributed by atoms with Crippen molar-refractivity contribution < 1.29 is 14.3 Å². The molecule has 2 aromatic rings. The second kappa shape index (κ2) is 6.96. The maximum atomic E-state index is 12.4. The smallest absolute Gasteiger partial charge is 0.325 e. The lowest BCUT2D eigenvalue weighted by molar-refractivity contribution is -0.127. The van der Waals surface area contributed by atoms with Gasteiger partial charge in [0.25, 0.3) is 5.91 Å². The van der Waals surface area contributed by atoms with E-state index in [0.717, 1.165) is 11.3 Å². The van der Waals surface area contributed by atoms with Crippen LogP contribution in [0, 0.1) is 0 Å². The van der Waals surface area contributed by atoms with Gasteiger partial charge in [0.2, 0.25) is 0 Å². The van der Waals surface area contributed by atoms with Crippen LogP contribution in [0.5, 0.6) is 5.75 Å². The van der Waals surface area contributed by atoms with Gasteiger partial charge in [0.1, 0.15) is 11.8 Å². The highest BCUT2D eigenvalue weighted by Crippen LogP contribution is 2.21. The quantitative estimate of drug-likeness (QED) is 0.659. The van der Waals surface area contributed by atoms with Gasteiger partial charge in [-0.2, -0.15) is 0 Å². The van der Waals surface area contributed by atoms with Crippen molar-refractivity contribution in [3.05, 3.63) is 66.2 Å². The van der Waals surface area contributed by atoms with Crippen LogP contribution in [0.3, 0.4) is 0 Å². The molecule has 0 spiro atoms. The number of para-hydroxylation sites is 1. The SMILES string of the molecule is O=C1NC(c2ccccc2)C(=O)N1CCCOc1ccccc1. The predicted octanol–water partition coefficient (Wildman–Crippen LogP) is 2.75. The maximum Gasteiger partial charge on any atom is 0.325 e. The highest BCUT2D eigenvalue weighted by molar-refractivity contribution is 6.04. The van der Waals surface area contributed by atoms with Crippen molar-refractivity contribution in [2.24, 2.45) is 0 Å². The minimum absolute atomic E-state index is 0.207. The van der Waals surface area contributed by atoms with E-state index in [0.29, 0.717) is 19.6 Å². The zero-order valence-electron chi connectivity index (χ0n) is 12.6. The number of nitrogens with zero attached hydrogens (tertiary/aromatic N) is 1. The lowest BCUT2D eigenvalue weighted by atomic mass is 10.1. The summed E-state index contributed by atoms with van der Waals surface area (Å²) in [6, 6.07) is 17.8. The number of rotatable bonds is 6.